The number of benzene rings is 7. The minimum Gasteiger partial charge on any atom is -0.449 e. The molecule has 5 heteroatoms. The molecule has 2 heterocycles. The van der Waals surface area contributed by atoms with Crippen molar-refractivity contribution in [2.45, 2.75) is 38.5 Å². The molecule has 0 N–H and O–H groups in total. The Balaban J connectivity index is 1.000. The van der Waals surface area contributed by atoms with Crippen molar-refractivity contribution < 1.29 is 9.47 Å². The average Bonchev–Trinajstić information content (AvgIpc) is 3.60. The highest BCUT2D eigenvalue weighted by Gasteiger charge is 2.38. The molecule has 3 aliphatic rings. The third-order valence-electron chi connectivity index (χ3n) is 12.0. The number of hydrogen-bond donors (Lipinski definition) is 0. The van der Waals surface area contributed by atoms with Gasteiger partial charge in [-0.25, -0.2) is 15.0 Å². The number of aromatic nitrogens is 3. The molecule has 56 heavy (non-hydrogen) atoms. The van der Waals surface area contributed by atoms with E-state index in [1.165, 1.54) is 44.5 Å². The predicted molar refractivity (Wildman–Crippen MR) is 223 cm³/mol. The van der Waals surface area contributed by atoms with Crippen molar-refractivity contribution >= 4 is 0 Å². The fraction of sp³-hybridized carbons (Fsp3) is 0.118. The molecule has 0 fully saturated rings. The summed E-state index contributed by atoms with van der Waals surface area (Å²) in [4.78, 5) is 15.3. The van der Waals surface area contributed by atoms with E-state index in [2.05, 4.69) is 131 Å². The van der Waals surface area contributed by atoms with E-state index in [0.717, 1.165) is 33.6 Å². The van der Waals surface area contributed by atoms with E-state index in [0.29, 0.717) is 34.7 Å². The maximum Gasteiger partial charge on any atom is 0.177 e. The lowest BCUT2D eigenvalue weighted by atomic mass is 9.82. The molecule has 0 spiro atoms. The van der Waals surface area contributed by atoms with Crippen LogP contribution in [0.4, 0.5) is 0 Å². The second kappa shape index (κ2) is 11.8. The molecule has 0 saturated carbocycles. The molecule has 11 rings (SSSR count). The smallest absolute Gasteiger partial charge is 0.177 e. The predicted octanol–water partition coefficient (Wildman–Crippen LogP) is 13.1. The lowest BCUT2D eigenvalue weighted by molar-refractivity contribution is 0.360. The number of rotatable bonds is 4. The molecule has 0 radical (unpaired) electrons. The highest BCUT2D eigenvalue weighted by molar-refractivity contribution is 5.86. The van der Waals surface area contributed by atoms with Crippen LogP contribution in [0.5, 0.6) is 23.0 Å². The summed E-state index contributed by atoms with van der Waals surface area (Å²) in [6.45, 7) is 9.14. The van der Waals surface area contributed by atoms with Crippen molar-refractivity contribution in [2.24, 2.45) is 0 Å². The first kappa shape index (κ1) is 32.6. The Kier molecular flexibility index (Phi) is 6.88. The first-order valence-corrected chi connectivity index (χ1v) is 19.2. The summed E-state index contributed by atoms with van der Waals surface area (Å²) >= 11 is 0. The Labute approximate surface area is 326 Å². The van der Waals surface area contributed by atoms with Gasteiger partial charge in [0.1, 0.15) is 0 Å². The van der Waals surface area contributed by atoms with E-state index < -0.39 is 0 Å². The lowest BCUT2D eigenvalue weighted by Crippen LogP contribution is -2.15. The number of para-hydroxylation sites is 1. The number of hydrogen-bond acceptors (Lipinski definition) is 5. The van der Waals surface area contributed by atoms with Gasteiger partial charge in [-0.05, 0) is 80.4 Å². The van der Waals surface area contributed by atoms with Crippen LogP contribution < -0.4 is 9.47 Å². The summed E-state index contributed by atoms with van der Waals surface area (Å²) in [5.41, 5.74) is 14.5. The zero-order chi connectivity index (χ0) is 37.8. The van der Waals surface area contributed by atoms with E-state index in [1.807, 2.05) is 48.5 Å². The van der Waals surface area contributed by atoms with Gasteiger partial charge in [0.25, 0.3) is 0 Å². The van der Waals surface area contributed by atoms with Crippen molar-refractivity contribution in [3.05, 3.63) is 174 Å². The van der Waals surface area contributed by atoms with Gasteiger partial charge in [0.15, 0.2) is 40.5 Å². The molecule has 268 valence electrons. The van der Waals surface area contributed by atoms with Crippen LogP contribution in [0.1, 0.15) is 49.9 Å². The third kappa shape index (κ3) is 4.83. The van der Waals surface area contributed by atoms with Gasteiger partial charge in [0.05, 0.1) is 0 Å². The standard InChI is InChI=1S/C51H37N3O2/c1-50(2)39-21-10-8-18-35(39)37-25-24-33(27-41(37)50)49-53-47(30-14-6-5-7-15-30)52-48(54-49)32-17-12-16-31(26-32)34-20-13-23-43-46(34)56-44-28-38-36-19-9-11-22-40(36)51(3,4)42(38)29-45(44)55-43/h5-29H,1-4H3. The van der Waals surface area contributed by atoms with Crippen molar-refractivity contribution in [3.8, 4) is 90.5 Å². The summed E-state index contributed by atoms with van der Waals surface area (Å²) < 4.78 is 13.4. The molecule has 8 aromatic rings. The molecule has 0 saturated heterocycles. The highest BCUT2D eigenvalue weighted by atomic mass is 16.6. The van der Waals surface area contributed by atoms with E-state index in [4.69, 9.17) is 24.4 Å². The maximum absolute atomic E-state index is 6.78. The van der Waals surface area contributed by atoms with E-state index in [9.17, 15) is 0 Å². The molecule has 0 amide bonds. The topological polar surface area (TPSA) is 57.1 Å². The number of nitrogens with zero attached hydrogens (tertiary/aromatic N) is 3. The van der Waals surface area contributed by atoms with Crippen molar-refractivity contribution in [1.82, 2.24) is 15.0 Å². The lowest BCUT2D eigenvalue weighted by Gasteiger charge is -2.26. The van der Waals surface area contributed by atoms with Gasteiger partial charge in [0, 0.05) is 33.1 Å². The minimum absolute atomic E-state index is 0.134. The summed E-state index contributed by atoms with van der Waals surface area (Å²) in [5, 5.41) is 0. The Morgan fingerprint density at radius 3 is 1.59 bits per heavy atom. The maximum atomic E-state index is 6.78. The van der Waals surface area contributed by atoms with Gasteiger partial charge in [-0.1, -0.05) is 149 Å². The van der Waals surface area contributed by atoms with Crippen LogP contribution in [0, 0.1) is 0 Å². The fourth-order valence-electron chi connectivity index (χ4n) is 9.04. The third-order valence-corrected chi connectivity index (χ3v) is 12.0. The average molecular weight is 724 g/mol. The van der Waals surface area contributed by atoms with Crippen LogP contribution in [-0.4, -0.2) is 15.0 Å². The van der Waals surface area contributed by atoms with Crippen LogP contribution in [0.2, 0.25) is 0 Å². The van der Waals surface area contributed by atoms with Gasteiger partial charge >= 0.3 is 0 Å². The number of ether oxygens (including phenoxy) is 2. The molecule has 0 unspecified atom stereocenters. The van der Waals surface area contributed by atoms with E-state index in [1.54, 1.807) is 0 Å². The molecule has 0 atom stereocenters. The highest BCUT2D eigenvalue weighted by Crippen LogP contribution is 2.56. The molecular weight excluding hydrogens is 687 g/mol. The van der Waals surface area contributed by atoms with Gasteiger partial charge in [-0.15, -0.1) is 0 Å². The first-order chi connectivity index (χ1) is 27.2. The summed E-state index contributed by atoms with van der Waals surface area (Å²) in [6.07, 6.45) is 0. The van der Waals surface area contributed by atoms with E-state index in [-0.39, 0.29) is 10.8 Å². The summed E-state index contributed by atoms with van der Waals surface area (Å²) in [5.74, 6) is 4.67. The molecule has 1 aromatic heterocycles. The van der Waals surface area contributed by atoms with Gasteiger partial charge in [-0.2, -0.15) is 0 Å². The molecular formula is C51H37N3O2. The largest absolute Gasteiger partial charge is 0.449 e. The van der Waals surface area contributed by atoms with Gasteiger partial charge in [-0.3, -0.25) is 0 Å². The Bertz CT molecular complexity index is 2930. The summed E-state index contributed by atoms with van der Waals surface area (Å²) in [6, 6.07) is 52.8. The Morgan fingerprint density at radius 1 is 0.339 bits per heavy atom. The molecule has 7 aromatic carbocycles. The summed E-state index contributed by atoms with van der Waals surface area (Å²) in [7, 11) is 0. The molecule has 5 nitrogen and oxygen atoms in total. The van der Waals surface area contributed by atoms with Gasteiger partial charge in [0.2, 0.25) is 0 Å². The number of fused-ring (bicyclic) bond motifs is 8. The fourth-order valence-corrected chi connectivity index (χ4v) is 9.04. The van der Waals surface area contributed by atoms with Crippen LogP contribution in [-0.2, 0) is 10.8 Å². The Morgan fingerprint density at radius 2 is 0.857 bits per heavy atom. The van der Waals surface area contributed by atoms with Crippen LogP contribution in [0.15, 0.2) is 152 Å². The van der Waals surface area contributed by atoms with Crippen molar-refractivity contribution in [3.63, 3.8) is 0 Å². The second-order valence-electron chi connectivity index (χ2n) is 16.0. The van der Waals surface area contributed by atoms with Crippen molar-refractivity contribution in [2.75, 3.05) is 0 Å². The van der Waals surface area contributed by atoms with E-state index >= 15 is 0 Å². The molecule has 1 aliphatic heterocycles. The molecule has 2 aliphatic carbocycles. The quantitative estimate of drug-likeness (QED) is 0.181. The van der Waals surface area contributed by atoms with Crippen LogP contribution >= 0.6 is 0 Å². The monoisotopic (exact) mass is 723 g/mol. The zero-order valence-corrected chi connectivity index (χ0v) is 31.6. The minimum atomic E-state index is -0.142. The van der Waals surface area contributed by atoms with Crippen LogP contribution in [0.3, 0.4) is 0 Å². The Hall–Kier alpha value is -6.85. The first-order valence-electron chi connectivity index (χ1n) is 19.2. The normalized spacial score (nSPS) is 14.6. The zero-order valence-electron chi connectivity index (χ0n) is 31.6. The van der Waals surface area contributed by atoms with Gasteiger partial charge < -0.3 is 9.47 Å². The van der Waals surface area contributed by atoms with Crippen LogP contribution in [0.25, 0.3) is 67.5 Å². The molecule has 0 bridgehead atoms. The second-order valence-corrected chi connectivity index (χ2v) is 16.0. The SMILES string of the molecule is CC1(C)c2ccccc2-c2ccc(-c3nc(-c4ccccc4)nc(-c4cccc(-c5cccc6c5Oc5cc7c(cc5O6)C(C)(C)c5ccccc5-7)c4)n3)cc21. The van der Waals surface area contributed by atoms with Crippen molar-refractivity contribution in [1.29, 1.82) is 0 Å².